The lowest BCUT2D eigenvalue weighted by molar-refractivity contribution is 0.318. The molecular weight excluding hydrogens is 373 g/mol. The molecular formula is C26H32FN3. The first kappa shape index (κ1) is 20.6. The number of fused-ring (bicyclic) bond motifs is 1. The molecule has 30 heavy (non-hydrogen) atoms. The Balaban J connectivity index is 1.55. The largest absolute Gasteiger partial charge is 0.364 e. The molecule has 1 heterocycles. The Hall–Kier alpha value is -2.62. The van der Waals surface area contributed by atoms with Gasteiger partial charge < -0.3 is 9.47 Å². The number of aryl methyl sites for hydroxylation is 1. The van der Waals surface area contributed by atoms with Crippen molar-refractivity contribution in [2.45, 2.75) is 57.9 Å². The lowest BCUT2D eigenvalue weighted by Crippen LogP contribution is -2.26. The standard InChI is InChI=1S/C26H32FN3/c1-20(24-12-5-6-13-25(24)27)14-16-30(19-26-28-15-17-29(26)2)23-11-7-10-21-8-3-4-9-22(21)18-23/h5-6,10-13,15,17-18,20H,3-4,7-9,14,16,19H2,1-2H3. The van der Waals surface area contributed by atoms with Crippen molar-refractivity contribution in [1.29, 1.82) is 0 Å². The van der Waals surface area contributed by atoms with Crippen LogP contribution in [0.2, 0.25) is 0 Å². The van der Waals surface area contributed by atoms with Crippen LogP contribution in [0.3, 0.4) is 0 Å². The third kappa shape index (κ3) is 4.75. The molecule has 1 aromatic carbocycles. The van der Waals surface area contributed by atoms with Gasteiger partial charge in [0, 0.05) is 31.7 Å². The molecule has 158 valence electrons. The molecule has 0 bridgehead atoms. The molecule has 1 atom stereocenters. The first-order valence-corrected chi connectivity index (χ1v) is 11.2. The summed E-state index contributed by atoms with van der Waals surface area (Å²) in [5.41, 5.74) is 5.11. The monoisotopic (exact) mass is 405 g/mol. The number of allylic oxidation sites excluding steroid dienone is 5. The number of aromatic nitrogens is 2. The summed E-state index contributed by atoms with van der Waals surface area (Å²) < 4.78 is 16.3. The fraction of sp³-hybridized carbons (Fsp3) is 0.423. The van der Waals surface area contributed by atoms with Crippen LogP contribution >= 0.6 is 0 Å². The number of halogens is 1. The van der Waals surface area contributed by atoms with E-state index in [9.17, 15) is 4.39 Å². The van der Waals surface area contributed by atoms with E-state index in [1.807, 2.05) is 31.6 Å². The molecule has 1 saturated carbocycles. The molecule has 2 aliphatic rings. The highest BCUT2D eigenvalue weighted by molar-refractivity contribution is 5.41. The van der Waals surface area contributed by atoms with Gasteiger partial charge in [0.05, 0.1) is 6.54 Å². The van der Waals surface area contributed by atoms with Crippen LogP contribution in [-0.4, -0.2) is 21.0 Å². The zero-order valence-corrected chi connectivity index (χ0v) is 18.1. The second-order valence-electron chi connectivity index (χ2n) is 8.56. The number of hydrogen-bond acceptors (Lipinski definition) is 2. The average molecular weight is 406 g/mol. The maximum absolute atomic E-state index is 14.3. The third-order valence-corrected chi connectivity index (χ3v) is 6.45. The summed E-state index contributed by atoms with van der Waals surface area (Å²) in [5, 5.41) is 0. The summed E-state index contributed by atoms with van der Waals surface area (Å²) in [6.07, 6.45) is 17.8. The van der Waals surface area contributed by atoms with Crippen LogP contribution in [0.25, 0.3) is 0 Å². The second kappa shape index (κ2) is 9.46. The Bertz CT molecular complexity index is 966. The zero-order chi connectivity index (χ0) is 20.9. The first-order chi connectivity index (χ1) is 14.6. The van der Waals surface area contributed by atoms with Gasteiger partial charge in [-0.25, -0.2) is 9.37 Å². The van der Waals surface area contributed by atoms with Gasteiger partial charge in [0.2, 0.25) is 0 Å². The number of benzene rings is 1. The van der Waals surface area contributed by atoms with E-state index in [4.69, 9.17) is 0 Å². The predicted molar refractivity (Wildman–Crippen MR) is 120 cm³/mol. The van der Waals surface area contributed by atoms with Crippen molar-refractivity contribution < 1.29 is 4.39 Å². The Morgan fingerprint density at radius 3 is 2.70 bits per heavy atom. The van der Waals surface area contributed by atoms with Crippen LogP contribution < -0.4 is 0 Å². The fourth-order valence-corrected chi connectivity index (χ4v) is 4.53. The molecule has 0 aliphatic heterocycles. The minimum Gasteiger partial charge on any atom is -0.364 e. The van der Waals surface area contributed by atoms with Crippen molar-refractivity contribution >= 4 is 0 Å². The molecule has 2 aromatic rings. The molecule has 1 aromatic heterocycles. The topological polar surface area (TPSA) is 21.1 Å². The number of imidazole rings is 1. The van der Waals surface area contributed by atoms with Gasteiger partial charge in [-0.2, -0.15) is 0 Å². The second-order valence-corrected chi connectivity index (χ2v) is 8.56. The molecule has 0 radical (unpaired) electrons. The maximum atomic E-state index is 14.3. The van der Waals surface area contributed by atoms with Gasteiger partial charge in [-0.1, -0.05) is 37.3 Å². The van der Waals surface area contributed by atoms with Gasteiger partial charge in [-0.15, -0.1) is 0 Å². The first-order valence-electron chi connectivity index (χ1n) is 11.2. The van der Waals surface area contributed by atoms with Crippen molar-refractivity contribution in [1.82, 2.24) is 14.5 Å². The normalized spacial score (nSPS) is 17.4. The summed E-state index contributed by atoms with van der Waals surface area (Å²) in [6, 6.07) is 7.16. The molecule has 0 saturated heterocycles. The van der Waals surface area contributed by atoms with E-state index in [1.54, 1.807) is 12.1 Å². The Morgan fingerprint density at radius 2 is 1.93 bits per heavy atom. The predicted octanol–water partition coefficient (Wildman–Crippen LogP) is 6.27. The number of rotatable bonds is 7. The van der Waals surface area contributed by atoms with Crippen molar-refractivity contribution in [3.8, 4) is 0 Å². The highest BCUT2D eigenvalue weighted by atomic mass is 19.1. The van der Waals surface area contributed by atoms with Gasteiger partial charge >= 0.3 is 0 Å². The molecule has 0 amide bonds. The molecule has 3 nitrogen and oxygen atoms in total. The van der Waals surface area contributed by atoms with Crippen LogP contribution in [0.15, 0.2) is 71.7 Å². The minimum absolute atomic E-state index is 0.104. The third-order valence-electron chi connectivity index (χ3n) is 6.45. The lowest BCUT2D eigenvalue weighted by Gasteiger charge is -2.28. The average Bonchev–Trinajstić information content (AvgIpc) is 3.03. The van der Waals surface area contributed by atoms with E-state index in [1.165, 1.54) is 42.5 Å². The van der Waals surface area contributed by atoms with Crippen LogP contribution in [0.4, 0.5) is 4.39 Å². The van der Waals surface area contributed by atoms with Crippen molar-refractivity contribution in [3.63, 3.8) is 0 Å². The van der Waals surface area contributed by atoms with Gasteiger partial charge in [0.25, 0.3) is 0 Å². The number of nitrogens with zero attached hydrogens (tertiary/aromatic N) is 3. The molecule has 4 rings (SSSR count). The van der Waals surface area contributed by atoms with E-state index in [0.29, 0.717) is 0 Å². The minimum atomic E-state index is -0.104. The highest BCUT2D eigenvalue weighted by Gasteiger charge is 2.19. The van der Waals surface area contributed by atoms with E-state index in [-0.39, 0.29) is 11.7 Å². The van der Waals surface area contributed by atoms with Crippen LogP contribution in [-0.2, 0) is 13.6 Å². The fourth-order valence-electron chi connectivity index (χ4n) is 4.53. The van der Waals surface area contributed by atoms with E-state index in [0.717, 1.165) is 37.3 Å². The van der Waals surface area contributed by atoms with E-state index >= 15 is 0 Å². The molecule has 4 heteroatoms. The van der Waals surface area contributed by atoms with Crippen molar-refractivity contribution in [2.24, 2.45) is 7.05 Å². The molecule has 0 N–H and O–H groups in total. The van der Waals surface area contributed by atoms with Crippen molar-refractivity contribution in [2.75, 3.05) is 6.54 Å². The summed E-state index contributed by atoms with van der Waals surface area (Å²) in [5.74, 6) is 1.11. The summed E-state index contributed by atoms with van der Waals surface area (Å²) in [7, 11) is 2.04. The summed E-state index contributed by atoms with van der Waals surface area (Å²) in [4.78, 5) is 6.98. The SMILES string of the molecule is CC(CCN(Cc1nccn1C)C1=CCC=C2CCCCC2=C1)c1ccccc1F. The summed E-state index contributed by atoms with van der Waals surface area (Å²) >= 11 is 0. The highest BCUT2D eigenvalue weighted by Crippen LogP contribution is 2.33. The van der Waals surface area contributed by atoms with Gasteiger partial charge in [-0.3, -0.25) is 0 Å². The lowest BCUT2D eigenvalue weighted by atomic mass is 9.89. The molecule has 2 aliphatic carbocycles. The van der Waals surface area contributed by atoms with Crippen LogP contribution in [0, 0.1) is 5.82 Å². The quantitative estimate of drug-likeness (QED) is 0.541. The molecule has 1 unspecified atom stereocenters. The van der Waals surface area contributed by atoms with Gasteiger partial charge in [0.15, 0.2) is 0 Å². The summed E-state index contributed by atoms with van der Waals surface area (Å²) in [6.45, 7) is 3.75. The Morgan fingerprint density at radius 1 is 1.13 bits per heavy atom. The van der Waals surface area contributed by atoms with Gasteiger partial charge in [-0.05, 0) is 73.3 Å². The Kier molecular flexibility index (Phi) is 6.51. The smallest absolute Gasteiger partial charge is 0.127 e. The maximum Gasteiger partial charge on any atom is 0.127 e. The van der Waals surface area contributed by atoms with Crippen LogP contribution in [0.1, 0.15) is 62.8 Å². The molecule has 1 fully saturated rings. The number of hydrogen-bond donors (Lipinski definition) is 0. The Labute approximate surface area is 179 Å². The van der Waals surface area contributed by atoms with Gasteiger partial charge in [0.1, 0.15) is 11.6 Å². The van der Waals surface area contributed by atoms with Crippen molar-refractivity contribution in [3.05, 3.63) is 88.9 Å². The molecule has 0 spiro atoms. The zero-order valence-electron chi connectivity index (χ0n) is 18.1. The van der Waals surface area contributed by atoms with E-state index < -0.39 is 0 Å². The van der Waals surface area contributed by atoms with Crippen LogP contribution in [0.5, 0.6) is 0 Å². The van der Waals surface area contributed by atoms with E-state index in [2.05, 4.69) is 39.6 Å².